The van der Waals surface area contributed by atoms with Gasteiger partial charge in [-0.05, 0) is 62.8 Å². The highest BCUT2D eigenvalue weighted by Gasteiger charge is 2.30. The molecule has 38 heavy (non-hydrogen) atoms. The fraction of sp³-hybridized carbons (Fsp3) is 0.464. The Balaban J connectivity index is 1.19. The summed E-state index contributed by atoms with van der Waals surface area (Å²) < 4.78 is 1.91. The Hall–Kier alpha value is -3.46. The molecular weight excluding hydrogens is 504 g/mol. The highest BCUT2D eigenvalue weighted by molar-refractivity contribution is 6.33. The number of aryl methyl sites for hydroxylation is 1. The van der Waals surface area contributed by atoms with Gasteiger partial charge in [0.15, 0.2) is 0 Å². The van der Waals surface area contributed by atoms with Crippen molar-refractivity contribution in [1.29, 1.82) is 0 Å². The van der Waals surface area contributed by atoms with E-state index in [2.05, 4.69) is 15.4 Å². The standard InChI is InChI=1S/C28H33ClN6O3/c1-34-25(14-19-4-5-19)23(15-31-34)26-24(29)16-30-27(33-26)32-21-8-10-22(11-9-21)35(28(37)38)13-12-18-2-6-20(17-36)7-3-18/h2-3,6-7,15-17,19,21-22H,4-5,8-14H2,1H3,(H,37,38)(H,30,32,33)/t21-,22-. The molecule has 2 N–H and O–H groups in total. The number of nitrogens with zero attached hydrogens (tertiary/aromatic N) is 5. The zero-order valence-electron chi connectivity index (χ0n) is 21.5. The third-order valence-corrected chi connectivity index (χ3v) is 7.99. The third-order valence-electron chi connectivity index (χ3n) is 7.71. The number of aldehydes is 1. The summed E-state index contributed by atoms with van der Waals surface area (Å²) >= 11 is 6.51. The molecule has 0 unspecified atom stereocenters. The van der Waals surface area contributed by atoms with Gasteiger partial charge in [-0.1, -0.05) is 35.9 Å². The maximum Gasteiger partial charge on any atom is 0.407 e. The highest BCUT2D eigenvalue weighted by atomic mass is 35.5. The molecule has 1 aromatic carbocycles. The largest absolute Gasteiger partial charge is 0.465 e. The number of carbonyl (C=O) groups excluding carboxylic acids is 1. The van der Waals surface area contributed by atoms with E-state index in [4.69, 9.17) is 16.6 Å². The number of rotatable bonds is 10. The molecule has 9 nitrogen and oxygen atoms in total. The molecule has 0 saturated heterocycles. The van der Waals surface area contributed by atoms with E-state index in [1.807, 2.05) is 30.1 Å². The summed E-state index contributed by atoms with van der Waals surface area (Å²) in [4.78, 5) is 33.6. The van der Waals surface area contributed by atoms with Crippen LogP contribution in [0.4, 0.5) is 10.7 Å². The smallest absolute Gasteiger partial charge is 0.407 e. The molecule has 10 heteroatoms. The molecule has 0 spiro atoms. The van der Waals surface area contributed by atoms with Crippen LogP contribution in [0.2, 0.25) is 5.02 Å². The van der Waals surface area contributed by atoms with E-state index >= 15 is 0 Å². The summed E-state index contributed by atoms with van der Waals surface area (Å²) in [6, 6.07) is 7.41. The molecule has 0 bridgehead atoms. The zero-order chi connectivity index (χ0) is 26.6. The van der Waals surface area contributed by atoms with Gasteiger partial charge in [0.05, 0.1) is 23.1 Å². The molecular formula is C28H33ClN6O3. The van der Waals surface area contributed by atoms with Gasteiger partial charge >= 0.3 is 6.09 Å². The van der Waals surface area contributed by atoms with Crippen LogP contribution in [0, 0.1) is 5.92 Å². The molecule has 0 aliphatic heterocycles. The van der Waals surface area contributed by atoms with Crippen LogP contribution in [0.1, 0.15) is 60.1 Å². The number of benzene rings is 1. The van der Waals surface area contributed by atoms with Crippen molar-refractivity contribution in [2.75, 3.05) is 11.9 Å². The van der Waals surface area contributed by atoms with Crippen LogP contribution < -0.4 is 5.32 Å². The quantitative estimate of drug-likeness (QED) is 0.340. The van der Waals surface area contributed by atoms with Crippen molar-refractivity contribution in [3.63, 3.8) is 0 Å². The molecule has 2 fully saturated rings. The fourth-order valence-electron chi connectivity index (χ4n) is 5.28. The van der Waals surface area contributed by atoms with Crippen molar-refractivity contribution >= 4 is 29.9 Å². The van der Waals surface area contributed by atoms with Gasteiger partial charge in [-0.3, -0.25) is 9.48 Å². The predicted octanol–water partition coefficient (Wildman–Crippen LogP) is 5.24. The number of aromatic nitrogens is 4. The number of amides is 1. The Morgan fingerprint density at radius 2 is 1.89 bits per heavy atom. The lowest BCUT2D eigenvalue weighted by Gasteiger charge is -2.35. The molecule has 200 valence electrons. The van der Waals surface area contributed by atoms with Crippen molar-refractivity contribution in [2.24, 2.45) is 13.0 Å². The van der Waals surface area contributed by atoms with Crippen LogP contribution in [-0.4, -0.2) is 60.8 Å². The first-order valence-electron chi connectivity index (χ1n) is 13.2. The van der Waals surface area contributed by atoms with Gasteiger partial charge in [0.2, 0.25) is 5.95 Å². The third kappa shape index (κ3) is 6.15. The number of halogens is 1. The number of carbonyl (C=O) groups is 2. The van der Waals surface area contributed by atoms with E-state index in [0.717, 1.165) is 55.2 Å². The van der Waals surface area contributed by atoms with Gasteiger partial charge in [0.1, 0.15) is 6.29 Å². The lowest BCUT2D eigenvalue weighted by Crippen LogP contribution is -2.44. The van der Waals surface area contributed by atoms with E-state index in [1.54, 1.807) is 23.2 Å². The summed E-state index contributed by atoms with van der Waals surface area (Å²) in [7, 11) is 1.96. The second kappa shape index (κ2) is 11.5. The molecule has 5 rings (SSSR count). The summed E-state index contributed by atoms with van der Waals surface area (Å²) in [6.07, 6.45) is 10.7. The minimum atomic E-state index is -0.893. The van der Waals surface area contributed by atoms with E-state index in [1.165, 1.54) is 12.8 Å². The van der Waals surface area contributed by atoms with E-state index in [9.17, 15) is 14.7 Å². The van der Waals surface area contributed by atoms with E-state index in [-0.39, 0.29) is 12.1 Å². The second-order valence-electron chi connectivity index (χ2n) is 10.4. The Bertz CT molecular complexity index is 1280. The van der Waals surface area contributed by atoms with Crippen molar-refractivity contribution in [2.45, 2.75) is 63.5 Å². The molecule has 2 saturated carbocycles. The van der Waals surface area contributed by atoms with E-state index in [0.29, 0.717) is 41.1 Å². The van der Waals surface area contributed by atoms with Gasteiger partial charge in [-0.15, -0.1) is 0 Å². The molecule has 3 aromatic rings. The minimum Gasteiger partial charge on any atom is -0.465 e. The number of carboxylic acid groups (broad SMARTS) is 1. The maximum atomic E-state index is 12.0. The first-order chi connectivity index (χ1) is 18.4. The van der Waals surface area contributed by atoms with Gasteiger partial charge in [0.25, 0.3) is 0 Å². The minimum absolute atomic E-state index is 0.0260. The van der Waals surface area contributed by atoms with Crippen LogP contribution >= 0.6 is 11.6 Å². The molecule has 2 heterocycles. The first-order valence-corrected chi connectivity index (χ1v) is 13.6. The number of hydrogen-bond donors (Lipinski definition) is 2. The molecule has 2 aliphatic rings. The zero-order valence-corrected chi connectivity index (χ0v) is 22.3. The lowest BCUT2D eigenvalue weighted by molar-refractivity contribution is 0.110. The van der Waals surface area contributed by atoms with Gasteiger partial charge in [-0.25, -0.2) is 14.8 Å². The summed E-state index contributed by atoms with van der Waals surface area (Å²) in [5.74, 6) is 1.24. The van der Waals surface area contributed by atoms with Crippen molar-refractivity contribution in [3.8, 4) is 11.3 Å². The monoisotopic (exact) mass is 536 g/mol. The van der Waals surface area contributed by atoms with Crippen LogP contribution in [0.3, 0.4) is 0 Å². The van der Waals surface area contributed by atoms with Crippen LogP contribution in [0.25, 0.3) is 11.3 Å². The maximum absolute atomic E-state index is 12.0. The van der Waals surface area contributed by atoms with Gasteiger partial charge in [-0.2, -0.15) is 5.10 Å². The fourth-order valence-corrected chi connectivity index (χ4v) is 5.48. The molecule has 1 amide bonds. The summed E-state index contributed by atoms with van der Waals surface area (Å²) in [5, 5.41) is 18.3. The number of anilines is 1. The first kappa shape index (κ1) is 26.2. The average Bonchev–Trinajstić information content (AvgIpc) is 3.68. The number of nitrogens with one attached hydrogen (secondary N) is 1. The van der Waals surface area contributed by atoms with E-state index < -0.39 is 6.09 Å². The highest BCUT2D eigenvalue weighted by Crippen LogP contribution is 2.37. The van der Waals surface area contributed by atoms with Crippen molar-refractivity contribution in [1.82, 2.24) is 24.6 Å². The Kier molecular flexibility index (Phi) is 7.93. The predicted molar refractivity (Wildman–Crippen MR) is 146 cm³/mol. The Labute approximate surface area is 227 Å². The van der Waals surface area contributed by atoms with Crippen LogP contribution in [-0.2, 0) is 19.9 Å². The van der Waals surface area contributed by atoms with Crippen LogP contribution in [0.15, 0.2) is 36.7 Å². The molecule has 0 atom stereocenters. The van der Waals surface area contributed by atoms with Gasteiger partial charge < -0.3 is 15.3 Å². The molecule has 2 aromatic heterocycles. The number of hydrogen-bond acceptors (Lipinski definition) is 6. The topological polar surface area (TPSA) is 113 Å². The molecule has 0 radical (unpaired) electrons. The Morgan fingerprint density at radius 3 is 2.55 bits per heavy atom. The Morgan fingerprint density at radius 1 is 1.16 bits per heavy atom. The van der Waals surface area contributed by atoms with Crippen molar-refractivity contribution < 1.29 is 14.7 Å². The van der Waals surface area contributed by atoms with Gasteiger partial charge in [0, 0.05) is 42.5 Å². The van der Waals surface area contributed by atoms with Crippen molar-refractivity contribution in [3.05, 3.63) is 58.5 Å². The lowest BCUT2D eigenvalue weighted by atomic mass is 9.90. The normalized spacial score (nSPS) is 19.2. The molecule has 2 aliphatic carbocycles. The summed E-state index contributed by atoms with van der Waals surface area (Å²) in [6.45, 7) is 0.427. The second-order valence-corrected chi connectivity index (χ2v) is 10.8. The average molecular weight is 537 g/mol. The SMILES string of the molecule is Cn1ncc(-c2nc(N[C@H]3CC[C@H](N(CCc4ccc(C=O)cc4)C(=O)O)CC3)ncc2Cl)c1CC1CC1. The van der Waals surface area contributed by atoms with Crippen LogP contribution in [0.5, 0.6) is 0 Å². The summed E-state index contributed by atoms with van der Waals surface area (Å²) in [5.41, 5.74) is 4.43.